The highest BCUT2D eigenvalue weighted by molar-refractivity contribution is 9.10. The van der Waals surface area contributed by atoms with Crippen LogP contribution in [0.1, 0.15) is 47.8 Å². The molecule has 0 aromatic heterocycles. The summed E-state index contributed by atoms with van der Waals surface area (Å²) in [6.45, 7) is -0.499. The van der Waals surface area contributed by atoms with Gasteiger partial charge in [-0.3, -0.25) is 19.3 Å². The van der Waals surface area contributed by atoms with Gasteiger partial charge < -0.3 is 4.74 Å². The molecule has 0 spiro atoms. The number of ether oxygens (including phenoxy) is 1. The van der Waals surface area contributed by atoms with Crippen LogP contribution >= 0.6 is 15.9 Å². The van der Waals surface area contributed by atoms with Gasteiger partial charge in [-0.15, -0.1) is 0 Å². The van der Waals surface area contributed by atoms with Crippen molar-refractivity contribution in [2.45, 2.75) is 25.3 Å². The minimum absolute atomic E-state index is 0.0677. The molecular formula is C31H22BrNO5. The summed E-state index contributed by atoms with van der Waals surface area (Å²) in [6.07, 6.45) is 1.81. The summed E-state index contributed by atoms with van der Waals surface area (Å²) in [5, 5.41) is 1.64. The molecule has 7 heteroatoms. The highest BCUT2D eigenvalue weighted by Gasteiger charge is 2.42. The van der Waals surface area contributed by atoms with Crippen LogP contribution in [-0.2, 0) is 28.8 Å². The predicted octanol–water partition coefficient (Wildman–Crippen LogP) is 5.33. The normalized spacial score (nSPS) is 14.6. The fraction of sp³-hybridized carbons (Fsp3) is 0.161. The van der Waals surface area contributed by atoms with Crippen molar-refractivity contribution in [3.05, 3.63) is 117 Å². The van der Waals surface area contributed by atoms with Crippen molar-refractivity contribution >= 4 is 50.3 Å². The van der Waals surface area contributed by atoms with E-state index in [4.69, 9.17) is 4.74 Å². The lowest BCUT2D eigenvalue weighted by Crippen LogP contribution is -2.52. The van der Waals surface area contributed by atoms with E-state index in [0.717, 1.165) is 44.3 Å². The zero-order valence-corrected chi connectivity index (χ0v) is 21.9. The van der Waals surface area contributed by atoms with Gasteiger partial charge in [-0.05, 0) is 59.2 Å². The molecule has 0 saturated heterocycles. The van der Waals surface area contributed by atoms with Crippen LogP contribution in [-0.4, -0.2) is 41.1 Å². The van der Waals surface area contributed by atoms with Crippen molar-refractivity contribution in [3.8, 4) is 0 Å². The van der Waals surface area contributed by atoms with Gasteiger partial charge in [0.25, 0.3) is 11.8 Å². The maximum absolute atomic E-state index is 13.8. The molecule has 1 atom stereocenters. The zero-order chi connectivity index (χ0) is 26.4. The second-order valence-electron chi connectivity index (χ2n) is 9.52. The fourth-order valence-electron chi connectivity index (χ4n) is 5.39. The molecule has 0 bridgehead atoms. The molecule has 0 radical (unpaired) electrons. The van der Waals surface area contributed by atoms with Crippen LogP contribution in [0.4, 0.5) is 0 Å². The summed E-state index contributed by atoms with van der Waals surface area (Å²) in [4.78, 5) is 54.8. The molecule has 0 fully saturated rings. The molecule has 0 saturated carbocycles. The molecule has 6 nitrogen and oxygen atoms in total. The first-order valence-electron chi connectivity index (χ1n) is 12.4. The molecule has 1 heterocycles. The van der Waals surface area contributed by atoms with E-state index < -0.39 is 30.4 Å². The van der Waals surface area contributed by atoms with Crippen LogP contribution < -0.4 is 0 Å². The lowest BCUT2D eigenvalue weighted by molar-refractivity contribution is -0.147. The molecular weight excluding hydrogens is 546 g/mol. The van der Waals surface area contributed by atoms with E-state index in [2.05, 4.69) is 15.9 Å². The number of halogens is 1. The van der Waals surface area contributed by atoms with Gasteiger partial charge in [0.15, 0.2) is 12.4 Å². The van der Waals surface area contributed by atoms with Crippen LogP contribution in [0.25, 0.3) is 10.8 Å². The smallest absolute Gasteiger partial charge is 0.330 e. The number of rotatable bonds is 7. The quantitative estimate of drug-likeness (QED) is 0.171. The van der Waals surface area contributed by atoms with Crippen LogP contribution in [0.3, 0.4) is 0 Å². The van der Waals surface area contributed by atoms with Crippen LogP contribution in [0.2, 0.25) is 0 Å². The minimum atomic E-state index is -1.23. The number of benzene rings is 4. The molecule has 2 amide bonds. The van der Waals surface area contributed by atoms with Crippen molar-refractivity contribution in [1.29, 1.82) is 0 Å². The number of aryl methyl sites for hydroxylation is 2. The van der Waals surface area contributed by atoms with E-state index >= 15 is 0 Å². The summed E-state index contributed by atoms with van der Waals surface area (Å²) in [5.74, 6) is -2.25. The Bertz CT molecular complexity index is 1570. The number of esters is 1. The average Bonchev–Trinajstić information content (AvgIpc) is 3.36. The Labute approximate surface area is 227 Å². The van der Waals surface area contributed by atoms with Crippen molar-refractivity contribution in [2.75, 3.05) is 6.61 Å². The SMILES string of the molecule is O=C(COC(=O)[C@H](Cc1ccccc1)N1C(=O)c2ccc3c4c(ccc(c24)C1=O)CC3)c1ccc(Br)cc1. The Morgan fingerprint density at radius 2 is 1.39 bits per heavy atom. The first kappa shape index (κ1) is 24.2. The van der Waals surface area contributed by atoms with Crippen molar-refractivity contribution in [2.24, 2.45) is 0 Å². The number of amides is 2. The van der Waals surface area contributed by atoms with Gasteiger partial charge in [-0.25, -0.2) is 4.79 Å². The van der Waals surface area contributed by atoms with Crippen molar-refractivity contribution in [3.63, 3.8) is 0 Å². The monoisotopic (exact) mass is 567 g/mol. The average molecular weight is 568 g/mol. The van der Waals surface area contributed by atoms with Gasteiger partial charge in [0.05, 0.1) is 0 Å². The number of carbonyl (C=O) groups excluding carboxylic acids is 4. The Kier molecular flexibility index (Phi) is 6.16. The number of carbonyl (C=O) groups is 4. The topological polar surface area (TPSA) is 80.8 Å². The molecule has 6 rings (SSSR count). The largest absolute Gasteiger partial charge is 0.456 e. The second-order valence-corrected chi connectivity index (χ2v) is 10.4. The Balaban J connectivity index is 1.34. The highest BCUT2D eigenvalue weighted by atomic mass is 79.9. The molecule has 4 aromatic rings. The van der Waals surface area contributed by atoms with Crippen LogP contribution in [0.5, 0.6) is 0 Å². The standard InChI is InChI=1S/C31H22BrNO5/c32-22-12-8-19(9-13-22)26(34)17-38-31(37)25(16-18-4-2-1-3-5-18)33-29(35)23-14-10-20-6-7-21-11-15-24(30(33)36)28(23)27(20)21/h1-5,8-15,25H,6-7,16-17H2/t25-/m0/s1. The molecule has 1 aliphatic heterocycles. The van der Waals surface area contributed by atoms with Crippen LogP contribution in [0, 0.1) is 0 Å². The summed E-state index contributed by atoms with van der Waals surface area (Å²) in [6, 6.07) is 22.0. The molecule has 38 heavy (non-hydrogen) atoms. The third-order valence-corrected chi connectivity index (χ3v) is 7.79. The Morgan fingerprint density at radius 1 is 0.789 bits per heavy atom. The summed E-state index contributed by atoms with van der Waals surface area (Å²) in [5.41, 5.74) is 4.21. The molecule has 2 aliphatic rings. The molecule has 0 N–H and O–H groups in total. The third-order valence-electron chi connectivity index (χ3n) is 7.26. The minimum Gasteiger partial charge on any atom is -0.456 e. The second kappa shape index (κ2) is 9.65. The molecule has 1 aliphatic carbocycles. The maximum atomic E-state index is 13.8. The van der Waals surface area contributed by atoms with Gasteiger partial charge in [0.2, 0.25) is 0 Å². The Morgan fingerprint density at radius 3 is 2.00 bits per heavy atom. The number of ketones is 1. The van der Waals surface area contributed by atoms with Crippen LogP contribution in [0.15, 0.2) is 83.3 Å². The van der Waals surface area contributed by atoms with E-state index in [9.17, 15) is 19.2 Å². The highest BCUT2D eigenvalue weighted by Crippen LogP contribution is 2.39. The fourth-order valence-corrected chi connectivity index (χ4v) is 5.65. The molecule has 0 unspecified atom stereocenters. The van der Waals surface area contributed by atoms with E-state index in [-0.39, 0.29) is 12.2 Å². The van der Waals surface area contributed by atoms with Gasteiger partial charge in [0.1, 0.15) is 6.04 Å². The molecule has 4 aromatic carbocycles. The van der Waals surface area contributed by atoms with Gasteiger partial charge in [-0.2, -0.15) is 0 Å². The molecule has 188 valence electrons. The predicted molar refractivity (Wildman–Crippen MR) is 145 cm³/mol. The van der Waals surface area contributed by atoms with E-state index in [1.165, 1.54) is 0 Å². The first-order chi connectivity index (χ1) is 18.4. The first-order valence-corrected chi connectivity index (χ1v) is 13.2. The maximum Gasteiger partial charge on any atom is 0.330 e. The van der Waals surface area contributed by atoms with E-state index in [0.29, 0.717) is 22.1 Å². The number of imide groups is 1. The third kappa shape index (κ3) is 4.13. The summed E-state index contributed by atoms with van der Waals surface area (Å²) >= 11 is 3.33. The van der Waals surface area contributed by atoms with Crippen molar-refractivity contribution < 1.29 is 23.9 Å². The number of hydrogen-bond donors (Lipinski definition) is 0. The van der Waals surface area contributed by atoms with Gasteiger partial charge in [0, 0.05) is 33.0 Å². The lowest BCUT2D eigenvalue weighted by Gasteiger charge is -2.33. The number of Topliss-reactive ketones (excluding diaryl/α,β-unsaturated/α-hetero) is 1. The number of nitrogens with zero attached hydrogens (tertiary/aromatic N) is 1. The summed E-state index contributed by atoms with van der Waals surface area (Å²) in [7, 11) is 0. The lowest BCUT2D eigenvalue weighted by atomic mass is 9.90. The Hall–Kier alpha value is -4.10. The zero-order valence-electron chi connectivity index (χ0n) is 20.3. The number of hydrogen-bond acceptors (Lipinski definition) is 5. The van der Waals surface area contributed by atoms with Crippen molar-refractivity contribution in [1.82, 2.24) is 4.90 Å². The van der Waals surface area contributed by atoms with Gasteiger partial charge >= 0.3 is 5.97 Å². The van der Waals surface area contributed by atoms with Gasteiger partial charge in [-0.1, -0.05) is 70.5 Å². The van der Waals surface area contributed by atoms with E-state index in [1.54, 1.807) is 36.4 Å². The summed E-state index contributed by atoms with van der Waals surface area (Å²) < 4.78 is 6.26. The van der Waals surface area contributed by atoms with E-state index in [1.807, 2.05) is 42.5 Å².